The molecule has 0 aromatic heterocycles. The van der Waals surface area contributed by atoms with E-state index in [0.717, 1.165) is 16.9 Å². The van der Waals surface area contributed by atoms with E-state index in [-0.39, 0.29) is 24.4 Å². The van der Waals surface area contributed by atoms with Crippen molar-refractivity contribution in [3.05, 3.63) is 42.5 Å². The predicted molar refractivity (Wildman–Crippen MR) is 101 cm³/mol. The van der Waals surface area contributed by atoms with E-state index in [1.165, 1.54) is 0 Å². The Balaban J connectivity index is 1.45. The van der Waals surface area contributed by atoms with Crippen molar-refractivity contribution in [1.29, 1.82) is 0 Å². The van der Waals surface area contributed by atoms with Gasteiger partial charge in [-0.05, 0) is 39.3 Å². The molecule has 0 unspecified atom stereocenters. The summed E-state index contributed by atoms with van der Waals surface area (Å²) in [7, 11) is 0. The topological polar surface area (TPSA) is 55.4 Å². The van der Waals surface area contributed by atoms with E-state index >= 15 is 0 Å². The molecule has 0 aromatic rings. The number of ether oxygens (including phenoxy) is 6. The molecule has 5 rings (SSSR count). The van der Waals surface area contributed by atoms with Gasteiger partial charge in [0.1, 0.15) is 18.0 Å². The molecular formula is C22H26O6. The maximum Gasteiger partial charge on any atom is 0.191 e. The van der Waals surface area contributed by atoms with Crippen LogP contribution in [0.1, 0.15) is 27.7 Å². The monoisotopic (exact) mass is 386 g/mol. The van der Waals surface area contributed by atoms with Crippen LogP contribution in [0.5, 0.6) is 5.75 Å². The lowest BCUT2D eigenvalue weighted by molar-refractivity contribution is -0.230. The van der Waals surface area contributed by atoms with Crippen molar-refractivity contribution in [2.45, 2.75) is 70.0 Å². The Morgan fingerprint density at radius 3 is 2.46 bits per heavy atom. The fourth-order valence-corrected chi connectivity index (χ4v) is 4.25. The highest BCUT2D eigenvalue weighted by molar-refractivity contribution is 5.73. The van der Waals surface area contributed by atoms with Crippen LogP contribution in [-0.4, -0.2) is 48.9 Å². The SMILES string of the molecule is CC1(C)O[C@H]2O[C@H]([C@H]3COC(C)(C)O3)[C@H](Oc3ccc4cccccc3-4)[C@H]2O1. The van der Waals surface area contributed by atoms with E-state index in [1.54, 1.807) is 0 Å². The maximum absolute atomic E-state index is 6.51. The molecule has 0 bridgehead atoms. The van der Waals surface area contributed by atoms with Gasteiger partial charge in [-0.3, -0.25) is 0 Å². The highest BCUT2D eigenvalue weighted by Gasteiger charge is 2.59. The third-order valence-corrected chi connectivity index (χ3v) is 5.44. The fraction of sp³-hybridized carbons (Fsp3) is 0.545. The van der Waals surface area contributed by atoms with Crippen LogP contribution >= 0.6 is 0 Å². The minimum Gasteiger partial charge on any atom is -0.484 e. The van der Waals surface area contributed by atoms with Gasteiger partial charge in [0, 0.05) is 5.56 Å². The normalized spacial score (nSPS) is 35.9. The second-order valence-electron chi connectivity index (χ2n) is 8.50. The van der Waals surface area contributed by atoms with E-state index in [2.05, 4.69) is 18.2 Å². The van der Waals surface area contributed by atoms with Crippen molar-refractivity contribution in [3.8, 4) is 16.9 Å². The quantitative estimate of drug-likeness (QED) is 0.804. The first-order chi connectivity index (χ1) is 13.3. The van der Waals surface area contributed by atoms with Gasteiger partial charge >= 0.3 is 0 Å². The Bertz CT molecular complexity index is 833. The van der Waals surface area contributed by atoms with Crippen LogP contribution in [0.2, 0.25) is 0 Å². The summed E-state index contributed by atoms with van der Waals surface area (Å²) in [5, 5.41) is 0. The summed E-state index contributed by atoms with van der Waals surface area (Å²) in [6.45, 7) is 8.02. The van der Waals surface area contributed by atoms with Gasteiger partial charge in [-0.1, -0.05) is 36.4 Å². The van der Waals surface area contributed by atoms with Gasteiger partial charge in [0.05, 0.1) is 6.61 Å². The molecule has 6 heteroatoms. The predicted octanol–water partition coefficient (Wildman–Crippen LogP) is 3.57. The van der Waals surface area contributed by atoms with Crippen molar-refractivity contribution in [3.63, 3.8) is 0 Å². The van der Waals surface area contributed by atoms with E-state index in [4.69, 9.17) is 28.4 Å². The van der Waals surface area contributed by atoms with Crippen molar-refractivity contribution in [2.24, 2.45) is 0 Å². The Morgan fingerprint density at radius 1 is 0.857 bits per heavy atom. The van der Waals surface area contributed by atoms with Gasteiger partial charge in [-0.2, -0.15) is 0 Å². The largest absolute Gasteiger partial charge is 0.484 e. The fourth-order valence-electron chi connectivity index (χ4n) is 4.25. The van der Waals surface area contributed by atoms with Crippen LogP contribution in [0, 0.1) is 0 Å². The van der Waals surface area contributed by atoms with Crippen LogP contribution in [0.3, 0.4) is 0 Å². The average molecular weight is 386 g/mol. The first-order valence-corrected chi connectivity index (χ1v) is 9.79. The minimum atomic E-state index is -0.714. The zero-order valence-corrected chi connectivity index (χ0v) is 16.6. The molecule has 5 aliphatic rings. The number of fused-ring (bicyclic) bond motifs is 2. The molecule has 0 saturated carbocycles. The summed E-state index contributed by atoms with van der Waals surface area (Å²) in [5.74, 6) is -0.552. The average Bonchev–Trinajstić information content (AvgIpc) is 3.27. The Kier molecular flexibility index (Phi) is 4.19. The van der Waals surface area contributed by atoms with Crippen LogP contribution in [0.25, 0.3) is 11.1 Å². The van der Waals surface area contributed by atoms with Crippen molar-refractivity contribution >= 4 is 0 Å². The standard InChI is InChI=1S/C22H26O6/c1-21(2)23-12-16(26-21)17-18(19-20(25-17)28-22(3,4)27-19)24-15-11-10-13-8-6-5-7-9-14(13)15/h5-11,16-20H,12H2,1-4H3/t16-,17-,18+,19-,20-/m1/s1. The van der Waals surface area contributed by atoms with E-state index in [9.17, 15) is 0 Å². The van der Waals surface area contributed by atoms with Gasteiger partial charge in [-0.25, -0.2) is 0 Å². The van der Waals surface area contributed by atoms with Crippen molar-refractivity contribution < 1.29 is 28.4 Å². The summed E-state index contributed by atoms with van der Waals surface area (Å²) in [6.07, 6.45) is -1.80. The molecule has 6 nitrogen and oxygen atoms in total. The molecule has 0 radical (unpaired) electrons. The molecule has 3 saturated heterocycles. The molecule has 3 aliphatic heterocycles. The number of hydrogen-bond acceptors (Lipinski definition) is 6. The molecule has 5 atom stereocenters. The summed E-state index contributed by atoms with van der Waals surface area (Å²) in [6, 6.07) is 14.2. The number of rotatable bonds is 3. The van der Waals surface area contributed by atoms with Gasteiger partial charge < -0.3 is 28.4 Å². The maximum atomic E-state index is 6.51. The van der Waals surface area contributed by atoms with Crippen LogP contribution in [0.15, 0.2) is 42.5 Å². The molecule has 0 spiro atoms. The zero-order valence-electron chi connectivity index (χ0n) is 16.6. The van der Waals surface area contributed by atoms with Gasteiger partial charge in [0.25, 0.3) is 0 Å². The smallest absolute Gasteiger partial charge is 0.191 e. The zero-order chi connectivity index (χ0) is 19.5. The third kappa shape index (κ3) is 3.19. The van der Waals surface area contributed by atoms with Crippen LogP contribution in [-0.2, 0) is 23.7 Å². The summed E-state index contributed by atoms with van der Waals surface area (Å²) >= 11 is 0. The molecule has 0 amide bonds. The lowest BCUT2D eigenvalue weighted by Gasteiger charge is -2.29. The molecule has 2 aliphatic carbocycles. The molecule has 28 heavy (non-hydrogen) atoms. The van der Waals surface area contributed by atoms with Crippen molar-refractivity contribution in [1.82, 2.24) is 0 Å². The summed E-state index contributed by atoms with van der Waals surface area (Å²) < 4.78 is 36.6. The Labute approximate surface area is 165 Å². The van der Waals surface area contributed by atoms with Crippen LogP contribution < -0.4 is 4.74 Å². The van der Waals surface area contributed by atoms with Gasteiger partial charge in [0.2, 0.25) is 0 Å². The number of hydrogen-bond donors (Lipinski definition) is 0. The molecular weight excluding hydrogens is 360 g/mol. The lowest BCUT2D eigenvalue weighted by Crippen LogP contribution is -2.45. The summed E-state index contributed by atoms with van der Waals surface area (Å²) in [5.41, 5.74) is 2.17. The van der Waals surface area contributed by atoms with E-state index in [1.807, 2.05) is 52.0 Å². The molecule has 0 N–H and O–H groups in total. The van der Waals surface area contributed by atoms with E-state index in [0.29, 0.717) is 6.61 Å². The highest BCUT2D eigenvalue weighted by Crippen LogP contribution is 2.44. The highest BCUT2D eigenvalue weighted by atomic mass is 16.8. The molecule has 0 aromatic carbocycles. The van der Waals surface area contributed by atoms with Gasteiger partial charge in [-0.15, -0.1) is 0 Å². The Morgan fingerprint density at radius 2 is 1.68 bits per heavy atom. The second-order valence-corrected chi connectivity index (χ2v) is 8.50. The van der Waals surface area contributed by atoms with Crippen LogP contribution in [0.4, 0.5) is 0 Å². The minimum absolute atomic E-state index is 0.252. The van der Waals surface area contributed by atoms with Gasteiger partial charge in [0.15, 0.2) is 30.1 Å². The summed E-state index contributed by atoms with van der Waals surface area (Å²) in [4.78, 5) is 0. The molecule has 150 valence electrons. The Hall–Kier alpha value is -1.70. The third-order valence-electron chi connectivity index (χ3n) is 5.44. The lowest BCUT2D eigenvalue weighted by atomic mass is 10.1. The van der Waals surface area contributed by atoms with Crippen molar-refractivity contribution in [2.75, 3.05) is 6.61 Å². The first-order valence-electron chi connectivity index (χ1n) is 9.79. The second kappa shape index (κ2) is 6.40. The first kappa shape index (κ1) is 18.3. The van der Waals surface area contributed by atoms with E-state index < -0.39 is 17.9 Å². The molecule has 3 heterocycles. The molecule has 3 fully saturated rings.